The van der Waals surface area contributed by atoms with Crippen LogP contribution in [0.1, 0.15) is 43.4 Å². The fraction of sp³-hybridized carbons (Fsp3) is 0.579. The van der Waals surface area contributed by atoms with E-state index in [0.717, 1.165) is 44.0 Å². The highest BCUT2D eigenvalue weighted by Crippen LogP contribution is 2.20. The number of hydrogen-bond donors (Lipinski definition) is 3. The number of amides is 1. The van der Waals surface area contributed by atoms with Gasteiger partial charge in [0.05, 0.1) is 12.6 Å². The molecule has 4 N–H and O–H groups in total. The second-order valence-corrected chi connectivity index (χ2v) is 6.75. The number of primary amides is 1. The normalized spacial score (nSPS) is 18.8. The predicted octanol–water partition coefficient (Wildman–Crippen LogP) is 2.20. The van der Waals surface area contributed by atoms with Gasteiger partial charge in [-0.3, -0.25) is 9.79 Å². The van der Waals surface area contributed by atoms with E-state index in [1.807, 2.05) is 38.1 Å². The molecule has 1 aromatic carbocycles. The molecule has 6 nitrogen and oxygen atoms in total. The van der Waals surface area contributed by atoms with Crippen molar-refractivity contribution in [3.05, 3.63) is 35.4 Å². The number of aliphatic hydroxyl groups is 1. The third-order valence-electron chi connectivity index (χ3n) is 4.52. The van der Waals surface area contributed by atoms with Gasteiger partial charge in [0.25, 0.3) is 0 Å². The molecule has 7 heteroatoms. The van der Waals surface area contributed by atoms with E-state index in [1.54, 1.807) is 0 Å². The number of nitrogens with zero attached hydrogens (tertiary/aromatic N) is 2. The third kappa shape index (κ3) is 7.11. The molecule has 2 unspecified atom stereocenters. The number of aliphatic imine (C=N–C) groups is 1. The van der Waals surface area contributed by atoms with Gasteiger partial charge in [0, 0.05) is 26.1 Å². The van der Waals surface area contributed by atoms with Gasteiger partial charge in [-0.05, 0) is 38.2 Å². The van der Waals surface area contributed by atoms with E-state index in [9.17, 15) is 9.90 Å². The van der Waals surface area contributed by atoms with E-state index in [-0.39, 0.29) is 35.8 Å². The molecule has 0 aromatic heterocycles. The van der Waals surface area contributed by atoms with Crippen molar-refractivity contribution in [3.63, 3.8) is 0 Å². The second-order valence-electron chi connectivity index (χ2n) is 6.75. The summed E-state index contributed by atoms with van der Waals surface area (Å²) in [6.45, 7) is 6.79. The minimum atomic E-state index is -0.625. The Morgan fingerprint density at radius 3 is 2.73 bits per heavy atom. The Hall–Kier alpha value is -1.35. The highest BCUT2D eigenvalue weighted by Gasteiger charge is 2.23. The lowest BCUT2D eigenvalue weighted by Gasteiger charge is -2.34. The summed E-state index contributed by atoms with van der Waals surface area (Å²) in [6.07, 6.45) is 1.83. The molecule has 0 aliphatic carbocycles. The van der Waals surface area contributed by atoms with E-state index in [2.05, 4.69) is 15.2 Å². The summed E-state index contributed by atoms with van der Waals surface area (Å²) in [6, 6.07) is 7.86. The fourth-order valence-corrected chi connectivity index (χ4v) is 3.20. The number of carbonyl (C=O) groups excluding carboxylic acids is 1. The summed E-state index contributed by atoms with van der Waals surface area (Å²) in [5.41, 5.74) is 7.38. The van der Waals surface area contributed by atoms with Crippen molar-refractivity contribution in [1.29, 1.82) is 0 Å². The van der Waals surface area contributed by atoms with Crippen LogP contribution in [0.2, 0.25) is 0 Å². The van der Waals surface area contributed by atoms with Crippen LogP contribution in [0.15, 0.2) is 29.3 Å². The molecular formula is C19H31IN4O2. The lowest BCUT2D eigenvalue weighted by Crippen LogP contribution is -2.47. The summed E-state index contributed by atoms with van der Waals surface area (Å²) in [4.78, 5) is 18.0. The number of benzene rings is 1. The number of nitrogens with two attached hydrogens (primary N) is 1. The fourth-order valence-electron chi connectivity index (χ4n) is 3.20. The van der Waals surface area contributed by atoms with Crippen molar-refractivity contribution in [2.45, 2.75) is 39.2 Å². The van der Waals surface area contributed by atoms with Crippen LogP contribution in [0.25, 0.3) is 0 Å². The monoisotopic (exact) mass is 474 g/mol. The van der Waals surface area contributed by atoms with Crippen molar-refractivity contribution in [2.75, 3.05) is 26.2 Å². The lowest BCUT2D eigenvalue weighted by atomic mass is 9.95. The van der Waals surface area contributed by atoms with E-state index in [4.69, 9.17) is 5.73 Å². The van der Waals surface area contributed by atoms with Crippen LogP contribution in [-0.4, -0.2) is 48.1 Å². The molecule has 26 heavy (non-hydrogen) atoms. The number of aryl methyl sites for hydroxylation is 1. The van der Waals surface area contributed by atoms with Crippen molar-refractivity contribution >= 4 is 35.8 Å². The Morgan fingerprint density at radius 2 is 2.12 bits per heavy atom. The van der Waals surface area contributed by atoms with E-state index in [0.29, 0.717) is 13.0 Å². The molecule has 2 rings (SSSR count). The van der Waals surface area contributed by atoms with Gasteiger partial charge in [0.2, 0.25) is 5.91 Å². The summed E-state index contributed by atoms with van der Waals surface area (Å²) in [5.74, 6) is 0.823. The van der Waals surface area contributed by atoms with Crippen molar-refractivity contribution in [1.82, 2.24) is 10.2 Å². The van der Waals surface area contributed by atoms with Gasteiger partial charge in [-0.1, -0.05) is 29.8 Å². The summed E-state index contributed by atoms with van der Waals surface area (Å²) < 4.78 is 0. The largest absolute Gasteiger partial charge is 0.386 e. The zero-order valence-corrected chi connectivity index (χ0v) is 18.0. The van der Waals surface area contributed by atoms with E-state index in [1.165, 1.54) is 5.56 Å². The number of carbonyl (C=O) groups is 1. The van der Waals surface area contributed by atoms with E-state index < -0.39 is 6.10 Å². The first-order valence-corrected chi connectivity index (χ1v) is 9.05. The maximum absolute atomic E-state index is 11.2. The average Bonchev–Trinajstić information content (AvgIpc) is 2.58. The SMILES string of the molecule is CCNC(=NCC(O)c1ccc(C)cc1)N1CCCC(CC(N)=O)C1.I. The Kier molecular flexibility index (Phi) is 9.93. The van der Waals surface area contributed by atoms with Gasteiger partial charge in [-0.25, -0.2) is 0 Å². The average molecular weight is 474 g/mol. The van der Waals surface area contributed by atoms with Gasteiger partial charge in [0.15, 0.2) is 5.96 Å². The topological polar surface area (TPSA) is 91.0 Å². The number of rotatable bonds is 6. The quantitative estimate of drug-likeness (QED) is 0.335. The number of hydrogen-bond acceptors (Lipinski definition) is 3. The Balaban J connectivity index is 0.00000338. The molecule has 1 aromatic rings. The Morgan fingerprint density at radius 1 is 1.42 bits per heavy atom. The third-order valence-corrected chi connectivity index (χ3v) is 4.52. The van der Waals surface area contributed by atoms with Crippen LogP contribution < -0.4 is 11.1 Å². The van der Waals surface area contributed by atoms with Crippen LogP contribution in [-0.2, 0) is 4.79 Å². The molecule has 0 radical (unpaired) electrons. The van der Waals surface area contributed by atoms with Gasteiger partial charge in [-0.2, -0.15) is 0 Å². The Bertz CT molecular complexity index is 592. The summed E-state index contributed by atoms with van der Waals surface area (Å²) in [7, 11) is 0. The molecule has 1 fully saturated rings. The first-order chi connectivity index (χ1) is 12.0. The summed E-state index contributed by atoms with van der Waals surface area (Å²) >= 11 is 0. The number of aliphatic hydroxyl groups excluding tert-OH is 1. The predicted molar refractivity (Wildman–Crippen MR) is 116 cm³/mol. The molecule has 0 saturated carbocycles. The summed E-state index contributed by atoms with van der Waals surface area (Å²) in [5, 5.41) is 13.7. The molecule has 0 spiro atoms. The van der Waals surface area contributed by atoms with Crippen LogP contribution >= 0.6 is 24.0 Å². The van der Waals surface area contributed by atoms with Gasteiger partial charge < -0.3 is 21.1 Å². The van der Waals surface area contributed by atoms with Crippen molar-refractivity contribution < 1.29 is 9.90 Å². The number of guanidine groups is 1. The highest BCUT2D eigenvalue weighted by molar-refractivity contribution is 14.0. The van der Waals surface area contributed by atoms with Gasteiger partial charge >= 0.3 is 0 Å². The first-order valence-electron chi connectivity index (χ1n) is 9.05. The molecule has 146 valence electrons. The number of piperidine rings is 1. The number of halogens is 1. The molecule has 1 aliphatic heterocycles. The van der Waals surface area contributed by atoms with Crippen LogP contribution in [0.3, 0.4) is 0 Å². The van der Waals surface area contributed by atoms with Gasteiger partial charge in [-0.15, -0.1) is 24.0 Å². The van der Waals surface area contributed by atoms with Crippen LogP contribution in [0.5, 0.6) is 0 Å². The van der Waals surface area contributed by atoms with Gasteiger partial charge in [0.1, 0.15) is 0 Å². The number of likely N-dealkylation sites (tertiary alicyclic amines) is 1. The number of nitrogens with one attached hydrogen (secondary N) is 1. The minimum absolute atomic E-state index is 0. The maximum atomic E-state index is 11.2. The highest BCUT2D eigenvalue weighted by atomic mass is 127. The molecule has 1 saturated heterocycles. The smallest absolute Gasteiger partial charge is 0.217 e. The van der Waals surface area contributed by atoms with Crippen LogP contribution in [0.4, 0.5) is 0 Å². The molecular weight excluding hydrogens is 443 g/mol. The second kappa shape index (κ2) is 11.4. The first kappa shape index (κ1) is 22.7. The molecule has 1 amide bonds. The molecule has 0 bridgehead atoms. The Labute approximate surface area is 173 Å². The minimum Gasteiger partial charge on any atom is -0.386 e. The van der Waals surface area contributed by atoms with Crippen LogP contribution in [0, 0.1) is 12.8 Å². The van der Waals surface area contributed by atoms with E-state index >= 15 is 0 Å². The molecule has 1 aliphatic rings. The maximum Gasteiger partial charge on any atom is 0.217 e. The van der Waals surface area contributed by atoms with Crippen molar-refractivity contribution in [2.24, 2.45) is 16.6 Å². The zero-order valence-electron chi connectivity index (χ0n) is 15.6. The van der Waals surface area contributed by atoms with Crippen molar-refractivity contribution in [3.8, 4) is 0 Å². The molecule has 2 atom stereocenters. The lowest BCUT2D eigenvalue weighted by molar-refractivity contribution is -0.119. The zero-order chi connectivity index (χ0) is 18.2. The standard InChI is InChI=1S/C19H30N4O2.HI/c1-3-21-19(23-10-4-5-15(13-23)11-18(20)25)22-12-17(24)16-8-6-14(2)7-9-16;/h6-9,15,17,24H,3-5,10-13H2,1-2H3,(H2,20,25)(H,21,22);1H. The molecule has 1 heterocycles.